The molecule has 0 bridgehead atoms. The topological polar surface area (TPSA) is 104 Å². The van der Waals surface area contributed by atoms with Gasteiger partial charge in [0.05, 0.1) is 10.5 Å². The summed E-state index contributed by atoms with van der Waals surface area (Å²) in [5, 5.41) is 5.13. The molecule has 0 radical (unpaired) electrons. The van der Waals surface area contributed by atoms with Gasteiger partial charge in [-0.25, -0.2) is 13.6 Å². The Balaban J connectivity index is 2.13. The summed E-state index contributed by atoms with van der Waals surface area (Å²) < 4.78 is 28.8. The van der Waals surface area contributed by atoms with Crippen LogP contribution in [0.15, 0.2) is 53.4 Å². The van der Waals surface area contributed by atoms with Crippen LogP contribution in [0, 0.1) is 0 Å². The fraction of sp³-hybridized carbons (Fsp3) is 0.200. The van der Waals surface area contributed by atoms with E-state index in [4.69, 9.17) is 9.88 Å². The number of ketones is 2. The van der Waals surface area contributed by atoms with Crippen molar-refractivity contribution in [2.75, 3.05) is 0 Å². The van der Waals surface area contributed by atoms with Gasteiger partial charge in [0.25, 0.3) is 0 Å². The third-order valence-electron chi connectivity index (χ3n) is 4.38. The van der Waals surface area contributed by atoms with E-state index in [0.29, 0.717) is 28.0 Å². The van der Waals surface area contributed by atoms with Gasteiger partial charge in [0.1, 0.15) is 5.76 Å². The number of hydrogen-bond acceptors (Lipinski definition) is 5. The minimum atomic E-state index is -3.81. The molecule has 140 valence electrons. The average molecular weight is 385 g/mol. The van der Waals surface area contributed by atoms with Crippen molar-refractivity contribution in [3.05, 3.63) is 65.2 Å². The first kappa shape index (κ1) is 19.0. The van der Waals surface area contributed by atoms with Crippen LogP contribution in [-0.2, 0) is 19.6 Å². The number of sulfonamides is 1. The van der Waals surface area contributed by atoms with Gasteiger partial charge in [-0.1, -0.05) is 24.3 Å². The van der Waals surface area contributed by atoms with Gasteiger partial charge in [0, 0.05) is 11.1 Å². The third kappa shape index (κ3) is 3.56. The quantitative estimate of drug-likeness (QED) is 0.815. The molecule has 0 aromatic heterocycles. The van der Waals surface area contributed by atoms with Crippen LogP contribution in [0.1, 0.15) is 42.3 Å². The highest BCUT2D eigenvalue weighted by Gasteiger charge is 2.42. The second kappa shape index (κ2) is 6.44. The number of nitrogens with two attached hydrogens (primary N) is 1. The molecular weight excluding hydrogens is 366 g/mol. The molecule has 0 atom stereocenters. The van der Waals surface area contributed by atoms with Crippen molar-refractivity contribution in [2.45, 2.75) is 31.3 Å². The molecule has 0 saturated carbocycles. The van der Waals surface area contributed by atoms with Crippen molar-refractivity contribution in [2.24, 2.45) is 5.14 Å². The number of hydrogen-bond donors (Lipinski definition) is 1. The molecule has 7 heteroatoms. The molecule has 2 aromatic carbocycles. The smallest absolute Gasteiger partial charge is 0.238 e. The molecule has 6 nitrogen and oxygen atoms in total. The highest BCUT2D eigenvalue weighted by molar-refractivity contribution is 7.89. The van der Waals surface area contributed by atoms with Crippen LogP contribution in [0.3, 0.4) is 0 Å². The largest absolute Gasteiger partial charge is 0.478 e. The van der Waals surface area contributed by atoms with Gasteiger partial charge >= 0.3 is 0 Å². The second-order valence-electron chi connectivity index (χ2n) is 6.85. The Morgan fingerprint density at radius 3 is 1.96 bits per heavy atom. The normalized spacial score (nSPS) is 16.4. The molecule has 1 heterocycles. The maximum absolute atomic E-state index is 12.9. The van der Waals surface area contributed by atoms with Gasteiger partial charge in [-0.2, -0.15) is 0 Å². The van der Waals surface area contributed by atoms with E-state index in [0.717, 1.165) is 0 Å². The van der Waals surface area contributed by atoms with E-state index in [2.05, 4.69) is 0 Å². The molecule has 0 amide bonds. The first-order chi connectivity index (χ1) is 12.5. The molecule has 27 heavy (non-hydrogen) atoms. The highest BCUT2D eigenvalue weighted by atomic mass is 32.2. The van der Waals surface area contributed by atoms with Crippen LogP contribution in [0.25, 0.3) is 11.3 Å². The molecule has 0 unspecified atom stereocenters. The maximum Gasteiger partial charge on any atom is 0.238 e. The van der Waals surface area contributed by atoms with Gasteiger partial charge in [-0.3, -0.25) is 9.59 Å². The van der Waals surface area contributed by atoms with E-state index in [-0.39, 0.29) is 16.5 Å². The monoisotopic (exact) mass is 385 g/mol. The van der Waals surface area contributed by atoms with Crippen molar-refractivity contribution < 1.29 is 22.7 Å². The Bertz CT molecular complexity index is 1060. The number of rotatable bonds is 4. The number of ether oxygens (including phenoxy) is 1. The Morgan fingerprint density at radius 2 is 1.48 bits per heavy atom. The maximum atomic E-state index is 12.9. The first-order valence-electron chi connectivity index (χ1n) is 8.23. The zero-order valence-corrected chi connectivity index (χ0v) is 16.0. The number of primary sulfonamides is 1. The Morgan fingerprint density at radius 1 is 0.963 bits per heavy atom. The second-order valence-corrected chi connectivity index (χ2v) is 8.41. The van der Waals surface area contributed by atoms with E-state index in [1.54, 1.807) is 50.2 Å². The van der Waals surface area contributed by atoms with E-state index >= 15 is 0 Å². The number of carbonyl (C=O) groups is 2. The molecule has 2 aromatic rings. The van der Waals surface area contributed by atoms with Gasteiger partial charge in [0.2, 0.25) is 15.8 Å². The molecule has 1 aliphatic heterocycles. The molecule has 0 aliphatic carbocycles. The highest BCUT2D eigenvalue weighted by Crippen LogP contribution is 2.41. The summed E-state index contributed by atoms with van der Waals surface area (Å²) in [5.74, 6) is 0.105. The summed E-state index contributed by atoms with van der Waals surface area (Å²) in [6, 6.07) is 12.6. The van der Waals surface area contributed by atoms with Crippen molar-refractivity contribution in [3.8, 4) is 0 Å². The fourth-order valence-corrected chi connectivity index (χ4v) is 3.41. The Kier molecular flexibility index (Phi) is 4.53. The summed E-state index contributed by atoms with van der Waals surface area (Å²) in [7, 11) is -3.81. The summed E-state index contributed by atoms with van der Waals surface area (Å²) in [5.41, 5.74) is 1.07. The van der Waals surface area contributed by atoms with Crippen LogP contribution in [-0.4, -0.2) is 25.6 Å². The first-order valence-corrected chi connectivity index (χ1v) is 9.78. The summed E-state index contributed by atoms with van der Waals surface area (Å²) in [6.07, 6.45) is 0. The van der Waals surface area contributed by atoms with Gasteiger partial charge in [-0.15, -0.1) is 0 Å². The van der Waals surface area contributed by atoms with Crippen molar-refractivity contribution in [1.82, 2.24) is 0 Å². The van der Waals surface area contributed by atoms with Crippen LogP contribution >= 0.6 is 0 Å². The molecule has 0 fully saturated rings. The van der Waals surface area contributed by atoms with E-state index < -0.39 is 15.6 Å². The van der Waals surface area contributed by atoms with Crippen LogP contribution in [0.2, 0.25) is 0 Å². The van der Waals surface area contributed by atoms with Crippen molar-refractivity contribution >= 4 is 32.9 Å². The molecule has 0 spiro atoms. The standard InChI is InChI=1S/C20H19NO5S/c1-12(22)13-4-6-14(7-5-13)17-18(26-20(2,3)19(17)23)15-8-10-16(11-9-15)27(21,24)25/h4-11H,1-3H3,(H2,21,24,25). The zero-order chi connectivity index (χ0) is 20.0. The third-order valence-corrected chi connectivity index (χ3v) is 5.31. The zero-order valence-electron chi connectivity index (χ0n) is 15.1. The Labute approximate surface area is 157 Å². The van der Waals surface area contributed by atoms with Gasteiger partial charge in [-0.05, 0) is 50.6 Å². The molecule has 0 saturated heterocycles. The lowest BCUT2D eigenvalue weighted by atomic mass is 9.92. The van der Waals surface area contributed by atoms with E-state index in [9.17, 15) is 18.0 Å². The van der Waals surface area contributed by atoms with Crippen LogP contribution in [0.5, 0.6) is 0 Å². The number of benzene rings is 2. The molecule has 1 aliphatic rings. The SMILES string of the molecule is CC(=O)c1ccc(C2=C(c3ccc(S(N)(=O)=O)cc3)OC(C)(C)C2=O)cc1. The van der Waals surface area contributed by atoms with Crippen LogP contribution < -0.4 is 5.14 Å². The lowest BCUT2D eigenvalue weighted by Gasteiger charge is -2.17. The lowest BCUT2D eigenvalue weighted by Crippen LogP contribution is -2.29. The molecule has 3 rings (SSSR count). The van der Waals surface area contributed by atoms with E-state index in [1.165, 1.54) is 19.1 Å². The van der Waals surface area contributed by atoms with Crippen molar-refractivity contribution in [3.63, 3.8) is 0 Å². The lowest BCUT2D eigenvalue weighted by molar-refractivity contribution is -0.125. The summed E-state index contributed by atoms with van der Waals surface area (Å²) >= 11 is 0. The van der Waals surface area contributed by atoms with Gasteiger partial charge < -0.3 is 4.74 Å². The summed E-state index contributed by atoms with van der Waals surface area (Å²) in [4.78, 5) is 24.3. The van der Waals surface area contributed by atoms with Crippen molar-refractivity contribution in [1.29, 1.82) is 0 Å². The molecular formula is C20H19NO5S. The molecule has 2 N–H and O–H groups in total. The summed E-state index contributed by atoms with van der Waals surface area (Å²) in [6.45, 7) is 4.82. The average Bonchev–Trinajstić information content (AvgIpc) is 2.84. The number of carbonyl (C=O) groups excluding carboxylic acids is 2. The minimum absolute atomic E-state index is 0.0252. The number of Topliss-reactive ketones (excluding diaryl/α,β-unsaturated/α-hetero) is 2. The predicted octanol–water partition coefficient (Wildman–Crippen LogP) is 2.78. The Hall–Kier alpha value is -2.77. The van der Waals surface area contributed by atoms with E-state index in [1.807, 2.05) is 0 Å². The predicted molar refractivity (Wildman–Crippen MR) is 101 cm³/mol. The fourth-order valence-electron chi connectivity index (χ4n) is 2.89. The van der Waals surface area contributed by atoms with Crippen LogP contribution in [0.4, 0.5) is 0 Å². The van der Waals surface area contributed by atoms with Gasteiger partial charge in [0.15, 0.2) is 11.4 Å². The minimum Gasteiger partial charge on any atom is -0.478 e.